The zero-order valence-electron chi connectivity index (χ0n) is 20.7. The van der Waals surface area contributed by atoms with Crippen molar-refractivity contribution in [1.82, 2.24) is 20.5 Å². The van der Waals surface area contributed by atoms with E-state index < -0.39 is 12.1 Å². The lowest BCUT2D eigenvalue weighted by Crippen LogP contribution is -2.48. The molecule has 0 aliphatic rings. The van der Waals surface area contributed by atoms with Crippen molar-refractivity contribution in [3.63, 3.8) is 0 Å². The Hall–Kier alpha value is -4.10. The third kappa shape index (κ3) is 6.73. The summed E-state index contributed by atoms with van der Waals surface area (Å²) in [5, 5.41) is 6.81. The topological polar surface area (TPSA) is 86.5 Å². The largest absolute Gasteiger partial charge is 0.445 e. The zero-order valence-corrected chi connectivity index (χ0v) is 20.7. The first kappa shape index (κ1) is 25.0. The second kappa shape index (κ2) is 12.0. The van der Waals surface area contributed by atoms with E-state index in [1.807, 2.05) is 93.1 Å². The fourth-order valence-electron chi connectivity index (χ4n) is 4.17. The van der Waals surface area contributed by atoms with E-state index in [1.54, 1.807) is 0 Å². The molecular weight excluding hydrogens is 452 g/mol. The van der Waals surface area contributed by atoms with Gasteiger partial charge in [-0.2, -0.15) is 0 Å². The van der Waals surface area contributed by atoms with Gasteiger partial charge in [-0.25, -0.2) is 4.79 Å². The van der Waals surface area contributed by atoms with Gasteiger partial charge in [0.15, 0.2) is 0 Å². The number of carbonyl (C=O) groups excluding carboxylic acids is 2. The summed E-state index contributed by atoms with van der Waals surface area (Å²) in [6.45, 7) is 1.27. The Morgan fingerprint density at radius 3 is 2.36 bits per heavy atom. The molecule has 186 valence electrons. The monoisotopic (exact) mass is 484 g/mol. The normalized spacial score (nSPS) is 11.9. The van der Waals surface area contributed by atoms with Gasteiger partial charge in [0, 0.05) is 36.6 Å². The molecule has 4 aromatic rings. The summed E-state index contributed by atoms with van der Waals surface area (Å²) in [7, 11) is 4.02. The number of para-hydroxylation sites is 1. The molecule has 3 aromatic carbocycles. The molecule has 7 nitrogen and oxygen atoms in total. The van der Waals surface area contributed by atoms with Crippen molar-refractivity contribution in [2.45, 2.75) is 32.2 Å². The first-order valence-electron chi connectivity index (χ1n) is 12.0. The number of H-pyrrole nitrogens is 1. The van der Waals surface area contributed by atoms with Gasteiger partial charge in [-0.05, 0) is 42.4 Å². The minimum atomic E-state index is -0.798. The Morgan fingerprint density at radius 2 is 1.58 bits per heavy atom. The van der Waals surface area contributed by atoms with Crippen LogP contribution in [0.15, 0.2) is 85.1 Å². The maximum atomic E-state index is 13.3. The van der Waals surface area contributed by atoms with Crippen LogP contribution in [-0.4, -0.2) is 42.0 Å². The third-order valence-electron chi connectivity index (χ3n) is 5.98. The highest BCUT2D eigenvalue weighted by molar-refractivity contribution is 5.88. The predicted octanol–water partition coefficient (Wildman–Crippen LogP) is 4.38. The van der Waals surface area contributed by atoms with Crippen molar-refractivity contribution < 1.29 is 14.3 Å². The van der Waals surface area contributed by atoms with E-state index in [0.29, 0.717) is 13.0 Å². The van der Waals surface area contributed by atoms with Crippen LogP contribution in [0.2, 0.25) is 0 Å². The zero-order chi connectivity index (χ0) is 25.3. The maximum Gasteiger partial charge on any atom is 0.408 e. The van der Waals surface area contributed by atoms with E-state index in [2.05, 4.69) is 26.6 Å². The fraction of sp³-hybridized carbons (Fsp3) is 0.241. The number of benzene rings is 3. The molecule has 0 saturated heterocycles. The highest BCUT2D eigenvalue weighted by Gasteiger charge is 2.23. The lowest BCUT2D eigenvalue weighted by molar-refractivity contribution is -0.123. The van der Waals surface area contributed by atoms with Crippen molar-refractivity contribution >= 4 is 22.9 Å². The standard InChI is InChI=1S/C29H32N4O3/c1-33(2)19-23-13-7-6-12-22(23)17-31-28(34)27(16-24-18-30-26-15-9-8-14-25(24)26)32-29(35)36-20-21-10-4-3-5-11-21/h3-15,18,27,30H,16-17,19-20H2,1-2H3,(H,31,34)(H,32,35)/t27-/m0/s1. The molecule has 4 rings (SSSR count). The number of nitrogens with zero attached hydrogens (tertiary/aromatic N) is 1. The second-order valence-electron chi connectivity index (χ2n) is 9.05. The molecule has 0 bridgehead atoms. The summed E-state index contributed by atoms with van der Waals surface area (Å²) in [4.78, 5) is 31.3. The molecule has 1 atom stereocenters. The summed E-state index contributed by atoms with van der Waals surface area (Å²) in [6, 6.07) is 24.6. The Bertz CT molecular complexity index is 1300. The van der Waals surface area contributed by atoms with Crippen LogP contribution in [-0.2, 0) is 35.6 Å². The molecule has 36 heavy (non-hydrogen) atoms. The molecule has 0 fully saturated rings. The Kier molecular flexibility index (Phi) is 8.36. The quantitative estimate of drug-likeness (QED) is 0.312. The number of amides is 2. The number of carbonyl (C=O) groups is 2. The van der Waals surface area contributed by atoms with E-state index in [0.717, 1.165) is 39.7 Å². The molecule has 1 heterocycles. The summed E-state index contributed by atoms with van der Waals surface area (Å²) < 4.78 is 5.40. The van der Waals surface area contributed by atoms with E-state index in [1.165, 1.54) is 0 Å². The third-order valence-corrected chi connectivity index (χ3v) is 5.98. The van der Waals surface area contributed by atoms with Crippen molar-refractivity contribution in [3.05, 3.63) is 107 Å². The first-order chi connectivity index (χ1) is 17.5. The van der Waals surface area contributed by atoms with Crippen LogP contribution >= 0.6 is 0 Å². The van der Waals surface area contributed by atoms with Gasteiger partial charge in [-0.3, -0.25) is 4.79 Å². The first-order valence-corrected chi connectivity index (χ1v) is 12.0. The highest BCUT2D eigenvalue weighted by Crippen LogP contribution is 2.19. The summed E-state index contributed by atoms with van der Waals surface area (Å²) in [5.41, 5.74) is 4.99. The van der Waals surface area contributed by atoms with E-state index in [-0.39, 0.29) is 12.5 Å². The molecule has 0 aliphatic carbocycles. The number of aromatic amines is 1. The lowest BCUT2D eigenvalue weighted by atomic mass is 10.0. The van der Waals surface area contributed by atoms with Crippen LogP contribution in [0, 0.1) is 0 Å². The average Bonchev–Trinajstić information content (AvgIpc) is 3.29. The minimum Gasteiger partial charge on any atom is -0.445 e. The van der Waals surface area contributed by atoms with Crippen molar-refractivity contribution in [2.24, 2.45) is 0 Å². The number of fused-ring (bicyclic) bond motifs is 1. The molecule has 0 aliphatic heterocycles. The van der Waals surface area contributed by atoms with Gasteiger partial charge in [0.1, 0.15) is 12.6 Å². The Labute approximate surface area is 211 Å². The number of aromatic nitrogens is 1. The molecule has 0 radical (unpaired) electrons. The Morgan fingerprint density at radius 1 is 0.889 bits per heavy atom. The predicted molar refractivity (Wildman–Crippen MR) is 141 cm³/mol. The molecular formula is C29H32N4O3. The fourth-order valence-corrected chi connectivity index (χ4v) is 4.17. The molecule has 1 aromatic heterocycles. The van der Waals surface area contributed by atoms with Gasteiger partial charge in [0.25, 0.3) is 0 Å². The van der Waals surface area contributed by atoms with E-state index >= 15 is 0 Å². The van der Waals surface area contributed by atoms with Gasteiger partial charge < -0.3 is 25.3 Å². The van der Waals surface area contributed by atoms with Crippen LogP contribution in [0.25, 0.3) is 10.9 Å². The van der Waals surface area contributed by atoms with Crippen molar-refractivity contribution in [3.8, 4) is 0 Å². The lowest BCUT2D eigenvalue weighted by Gasteiger charge is -2.19. The van der Waals surface area contributed by atoms with Crippen LogP contribution in [0.3, 0.4) is 0 Å². The molecule has 0 saturated carbocycles. The summed E-state index contributed by atoms with van der Waals surface area (Å²) >= 11 is 0. The molecule has 0 unspecified atom stereocenters. The minimum absolute atomic E-state index is 0.131. The molecule has 2 amide bonds. The van der Waals surface area contributed by atoms with Gasteiger partial charge in [0.2, 0.25) is 5.91 Å². The number of hydrogen-bond acceptors (Lipinski definition) is 4. The summed E-state index contributed by atoms with van der Waals surface area (Å²) in [5.74, 6) is -0.267. The van der Waals surface area contributed by atoms with Crippen LogP contribution in [0.4, 0.5) is 4.79 Å². The van der Waals surface area contributed by atoms with E-state index in [4.69, 9.17) is 4.74 Å². The number of hydrogen-bond donors (Lipinski definition) is 3. The number of ether oxygens (including phenoxy) is 1. The molecule has 3 N–H and O–H groups in total. The van der Waals surface area contributed by atoms with Gasteiger partial charge in [0.05, 0.1) is 0 Å². The van der Waals surface area contributed by atoms with E-state index in [9.17, 15) is 9.59 Å². The summed E-state index contributed by atoms with van der Waals surface area (Å²) in [6.07, 6.45) is 1.58. The van der Waals surface area contributed by atoms with Gasteiger partial charge in [-0.1, -0.05) is 72.8 Å². The molecule has 7 heteroatoms. The van der Waals surface area contributed by atoms with Crippen LogP contribution in [0.1, 0.15) is 22.3 Å². The number of nitrogens with one attached hydrogen (secondary N) is 3. The van der Waals surface area contributed by atoms with Gasteiger partial charge >= 0.3 is 6.09 Å². The molecule has 0 spiro atoms. The SMILES string of the molecule is CN(C)Cc1ccccc1CNC(=O)[C@H](Cc1c[nH]c2ccccc12)NC(=O)OCc1ccccc1. The average molecular weight is 485 g/mol. The van der Waals surface area contributed by atoms with Crippen molar-refractivity contribution in [2.75, 3.05) is 14.1 Å². The number of alkyl carbamates (subject to hydrolysis) is 1. The van der Waals surface area contributed by atoms with Crippen LogP contribution in [0.5, 0.6) is 0 Å². The van der Waals surface area contributed by atoms with Crippen molar-refractivity contribution in [1.29, 1.82) is 0 Å². The number of rotatable bonds is 10. The highest BCUT2D eigenvalue weighted by atomic mass is 16.5. The van der Waals surface area contributed by atoms with Gasteiger partial charge in [-0.15, -0.1) is 0 Å². The Balaban J connectivity index is 1.47. The smallest absolute Gasteiger partial charge is 0.408 e. The van der Waals surface area contributed by atoms with Crippen LogP contribution < -0.4 is 10.6 Å². The second-order valence-corrected chi connectivity index (χ2v) is 9.05. The maximum absolute atomic E-state index is 13.3.